The van der Waals surface area contributed by atoms with Crippen molar-refractivity contribution in [3.63, 3.8) is 0 Å². The molecule has 6 heteroatoms. The lowest BCUT2D eigenvalue weighted by molar-refractivity contribution is 0.190. The average Bonchev–Trinajstić information content (AvgIpc) is 3.19. The molecule has 0 saturated carbocycles. The second kappa shape index (κ2) is 16.8. The highest BCUT2D eigenvalue weighted by molar-refractivity contribution is 6.08. The molecule has 7 rings (SSSR count). The maximum Gasteiger partial charge on any atom is 0.0889 e. The third-order valence-corrected chi connectivity index (χ3v) is 8.93. The van der Waals surface area contributed by atoms with Gasteiger partial charge in [0, 0.05) is 25.7 Å². The molecular formula is C46H40N4O2. The van der Waals surface area contributed by atoms with Gasteiger partial charge in [0.05, 0.1) is 57.8 Å². The standard InChI is InChI=1S/C46H40N4O2/c51-37-29-43(33-17-5-1-6-18-33)47-39-25-13-14-26-40(39)48-45(35-21-9-3-10-22-35)31-38(52)32-46(36-23-11-4-12-24-36)50-42-28-16-15-27-41(42)49-44(30-37)34-19-7-2-8-20-34/h1-28,37-38,51-52H,29-32H2. The van der Waals surface area contributed by atoms with Crippen LogP contribution in [-0.2, 0) is 0 Å². The topological polar surface area (TPSA) is 89.9 Å². The second-order valence-corrected chi connectivity index (χ2v) is 12.8. The molecule has 0 radical (unpaired) electrons. The van der Waals surface area contributed by atoms with E-state index in [-0.39, 0.29) is 25.7 Å². The molecule has 6 nitrogen and oxygen atoms in total. The first-order chi connectivity index (χ1) is 25.6. The molecule has 0 unspecified atom stereocenters. The monoisotopic (exact) mass is 680 g/mol. The number of fused-ring (bicyclic) bond motifs is 2. The van der Waals surface area contributed by atoms with Crippen LogP contribution in [0.5, 0.6) is 0 Å². The summed E-state index contributed by atoms with van der Waals surface area (Å²) in [4.78, 5) is 20.7. The molecule has 1 heterocycles. The highest BCUT2D eigenvalue weighted by Gasteiger charge is 2.20. The van der Waals surface area contributed by atoms with Gasteiger partial charge in [-0.25, -0.2) is 0 Å². The van der Waals surface area contributed by atoms with E-state index >= 15 is 0 Å². The first kappa shape index (κ1) is 34.4. The summed E-state index contributed by atoms with van der Waals surface area (Å²) in [6, 6.07) is 55.4. The van der Waals surface area contributed by atoms with E-state index in [9.17, 15) is 10.2 Å². The number of para-hydroxylation sites is 4. The van der Waals surface area contributed by atoms with Crippen LogP contribution in [0.4, 0.5) is 22.7 Å². The van der Waals surface area contributed by atoms with Gasteiger partial charge in [0.1, 0.15) is 0 Å². The third kappa shape index (κ3) is 8.79. The minimum Gasteiger partial charge on any atom is -0.392 e. The van der Waals surface area contributed by atoms with E-state index in [0.717, 1.165) is 45.1 Å². The Morgan fingerprint density at radius 2 is 0.481 bits per heavy atom. The molecule has 256 valence electrons. The first-order valence-electron chi connectivity index (χ1n) is 17.6. The number of hydrogen-bond donors (Lipinski definition) is 2. The van der Waals surface area contributed by atoms with Gasteiger partial charge in [0.15, 0.2) is 0 Å². The Morgan fingerprint density at radius 1 is 0.288 bits per heavy atom. The van der Waals surface area contributed by atoms with Crippen LogP contribution in [0.3, 0.4) is 0 Å². The van der Waals surface area contributed by atoms with E-state index < -0.39 is 12.2 Å². The minimum atomic E-state index is -0.793. The van der Waals surface area contributed by atoms with Crippen molar-refractivity contribution in [1.82, 2.24) is 0 Å². The zero-order valence-corrected chi connectivity index (χ0v) is 28.8. The second-order valence-electron chi connectivity index (χ2n) is 12.8. The fourth-order valence-corrected chi connectivity index (χ4v) is 6.36. The number of benzene rings is 6. The molecule has 52 heavy (non-hydrogen) atoms. The summed E-state index contributed by atoms with van der Waals surface area (Å²) < 4.78 is 0. The number of rotatable bonds is 4. The van der Waals surface area contributed by atoms with E-state index in [1.165, 1.54) is 0 Å². The van der Waals surface area contributed by atoms with Crippen molar-refractivity contribution in [3.8, 4) is 0 Å². The number of aliphatic hydroxyl groups excluding tert-OH is 2. The van der Waals surface area contributed by atoms with Crippen molar-refractivity contribution in [1.29, 1.82) is 0 Å². The Labute approximate surface area is 305 Å². The maximum atomic E-state index is 11.8. The van der Waals surface area contributed by atoms with Crippen molar-refractivity contribution >= 4 is 45.6 Å². The SMILES string of the molecule is OC1CC(c2ccccc2)=Nc2ccccc2N=C(c2ccccc2)CC(O)CC(c2ccccc2)=Nc2ccccc2N=C(c2ccccc2)C1. The van der Waals surface area contributed by atoms with Gasteiger partial charge in [-0.05, 0) is 46.5 Å². The number of aliphatic imine (C=N–C) groups is 4. The van der Waals surface area contributed by atoms with Crippen LogP contribution in [0.1, 0.15) is 47.9 Å². The third-order valence-electron chi connectivity index (χ3n) is 8.93. The van der Waals surface area contributed by atoms with Crippen LogP contribution in [0, 0.1) is 0 Å². The lowest BCUT2D eigenvalue weighted by Gasteiger charge is -2.18. The highest BCUT2D eigenvalue weighted by atomic mass is 16.3. The molecule has 6 aromatic carbocycles. The van der Waals surface area contributed by atoms with E-state index in [1.54, 1.807) is 0 Å². The summed E-state index contributed by atoms with van der Waals surface area (Å²) >= 11 is 0. The van der Waals surface area contributed by atoms with Crippen LogP contribution in [0.25, 0.3) is 0 Å². The molecule has 1 aliphatic rings. The van der Waals surface area contributed by atoms with Crippen molar-refractivity contribution in [2.45, 2.75) is 37.9 Å². The zero-order valence-electron chi connectivity index (χ0n) is 28.8. The molecule has 1 aliphatic heterocycles. The Morgan fingerprint density at radius 3 is 0.692 bits per heavy atom. The molecule has 0 atom stereocenters. The predicted octanol–water partition coefficient (Wildman–Crippen LogP) is 10.2. The minimum absolute atomic E-state index is 0.288. The zero-order chi connectivity index (χ0) is 35.5. The lowest BCUT2D eigenvalue weighted by atomic mass is 9.97. The molecule has 0 fully saturated rings. The van der Waals surface area contributed by atoms with Gasteiger partial charge >= 0.3 is 0 Å². The fraction of sp³-hybridized carbons (Fsp3) is 0.130. The molecule has 0 aliphatic carbocycles. The molecule has 0 spiro atoms. The summed E-state index contributed by atoms with van der Waals surface area (Å²) in [5, 5.41) is 23.7. The van der Waals surface area contributed by atoms with Gasteiger partial charge in [-0.15, -0.1) is 0 Å². The maximum absolute atomic E-state index is 11.8. The van der Waals surface area contributed by atoms with Gasteiger partial charge in [-0.2, -0.15) is 0 Å². The van der Waals surface area contributed by atoms with Gasteiger partial charge in [-0.3, -0.25) is 20.0 Å². The normalized spacial score (nSPS) is 17.2. The van der Waals surface area contributed by atoms with Crippen molar-refractivity contribution in [2.75, 3.05) is 0 Å². The summed E-state index contributed by atoms with van der Waals surface area (Å²) in [5.41, 5.74) is 9.33. The molecular weight excluding hydrogens is 641 g/mol. The first-order valence-corrected chi connectivity index (χ1v) is 17.6. The van der Waals surface area contributed by atoms with E-state index in [2.05, 4.69) is 0 Å². The Balaban J connectivity index is 1.42. The van der Waals surface area contributed by atoms with Crippen LogP contribution >= 0.6 is 0 Å². The number of aliphatic hydroxyl groups is 2. The smallest absolute Gasteiger partial charge is 0.0889 e. The quantitative estimate of drug-likeness (QED) is 0.194. The van der Waals surface area contributed by atoms with Gasteiger partial charge in [0.25, 0.3) is 0 Å². The van der Waals surface area contributed by atoms with Crippen LogP contribution in [0.15, 0.2) is 190 Å². The molecule has 2 N–H and O–H groups in total. The van der Waals surface area contributed by atoms with Gasteiger partial charge in [0.2, 0.25) is 0 Å². The molecule has 0 saturated heterocycles. The van der Waals surface area contributed by atoms with Crippen LogP contribution < -0.4 is 0 Å². The van der Waals surface area contributed by atoms with Crippen molar-refractivity contribution in [3.05, 3.63) is 192 Å². The van der Waals surface area contributed by atoms with E-state index in [4.69, 9.17) is 20.0 Å². The Bertz CT molecular complexity index is 1900. The summed E-state index contributed by atoms with van der Waals surface area (Å²) in [5.74, 6) is 0. The molecule has 0 bridgehead atoms. The van der Waals surface area contributed by atoms with Gasteiger partial charge in [-0.1, -0.05) is 146 Å². The summed E-state index contributed by atoms with van der Waals surface area (Å²) in [6.07, 6.45) is -0.436. The number of hydrogen-bond acceptors (Lipinski definition) is 6. The Hall–Kier alpha value is -6.08. The number of nitrogens with zero attached hydrogens (tertiary/aromatic N) is 4. The lowest BCUT2D eigenvalue weighted by Crippen LogP contribution is -2.20. The average molecular weight is 681 g/mol. The largest absolute Gasteiger partial charge is 0.392 e. The van der Waals surface area contributed by atoms with E-state index in [0.29, 0.717) is 22.7 Å². The van der Waals surface area contributed by atoms with Gasteiger partial charge < -0.3 is 10.2 Å². The Kier molecular flexibility index (Phi) is 11.1. The molecule has 0 amide bonds. The fourth-order valence-electron chi connectivity index (χ4n) is 6.36. The highest BCUT2D eigenvalue weighted by Crippen LogP contribution is 2.33. The molecule has 6 aromatic rings. The van der Waals surface area contributed by atoms with Crippen molar-refractivity contribution in [2.24, 2.45) is 20.0 Å². The summed E-state index contributed by atoms with van der Waals surface area (Å²) in [6.45, 7) is 0. The molecule has 0 aromatic heterocycles. The summed E-state index contributed by atoms with van der Waals surface area (Å²) in [7, 11) is 0. The van der Waals surface area contributed by atoms with Crippen LogP contribution in [-0.4, -0.2) is 45.3 Å². The van der Waals surface area contributed by atoms with Crippen molar-refractivity contribution < 1.29 is 10.2 Å². The predicted molar refractivity (Wildman–Crippen MR) is 214 cm³/mol. The van der Waals surface area contributed by atoms with E-state index in [1.807, 2.05) is 170 Å². The van der Waals surface area contributed by atoms with Crippen LogP contribution in [0.2, 0.25) is 0 Å².